The largest absolute Gasteiger partial charge is 0.493 e. The fourth-order valence-corrected chi connectivity index (χ4v) is 3.85. The van der Waals surface area contributed by atoms with Crippen molar-refractivity contribution in [1.29, 1.82) is 0 Å². The summed E-state index contributed by atoms with van der Waals surface area (Å²) in [5.74, 6) is 0.00742. The zero-order valence-electron chi connectivity index (χ0n) is 16.5. The van der Waals surface area contributed by atoms with Crippen molar-refractivity contribution in [2.45, 2.75) is 32.5 Å². The Bertz CT molecular complexity index is 991. The van der Waals surface area contributed by atoms with Gasteiger partial charge < -0.3 is 24.1 Å². The molecule has 1 heterocycles. The molecular formula is C22H22O7. The summed E-state index contributed by atoms with van der Waals surface area (Å²) in [6, 6.07) is 8.96. The molecule has 0 radical (unpaired) electrons. The topological polar surface area (TPSA) is 91.3 Å². The summed E-state index contributed by atoms with van der Waals surface area (Å²) < 4.78 is 22.4. The lowest BCUT2D eigenvalue weighted by Gasteiger charge is -2.25. The average Bonchev–Trinajstić information content (AvgIpc) is 3.46. The lowest BCUT2D eigenvalue weighted by Crippen LogP contribution is -2.32. The zero-order valence-corrected chi connectivity index (χ0v) is 16.5. The number of carboxylic acid groups (broad SMARTS) is 1. The number of carbonyl (C=O) groups is 2. The summed E-state index contributed by atoms with van der Waals surface area (Å²) in [6.07, 6.45) is 0.553. The van der Waals surface area contributed by atoms with Crippen molar-refractivity contribution in [3.8, 4) is 28.4 Å². The predicted octanol–water partition coefficient (Wildman–Crippen LogP) is 3.67. The first-order chi connectivity index (χ1) is 13.9. The van der Waals surface area contributed by atoms with Gasteiger partial charge in [0.2, 0.25) is 5.75 Å². The van der Waals surface area contributed by atoms with Gasteiger partial charge in [0.25, 0.3) is 0 Å². The Balaban J connectivity index is 1.86. The molecule has 2 aliphatic rings. The van der Waals surface area contributed by atoms with Crippen molar-refractivity contribution in [1.82, 2.24) is 0 Å². The van der Waals surface area contributed by atoms with Gasteiger partial charge in [-0.15, -0.1) is 0 Å². The van der Waals surface area contributed by atoms with Crippen molar-refractivity contribution in [3.63, 3.8) is 0 Å². The van der Waals surface area contributed by atoms with Crippen LogP contribution >= 0.6 is 0 Å². The van der Waals surface area contributed by atoms with Gasteiger partial charge in [0.15, 0.2) is 11.5 Å². The number of esters is 1. The molecule has 29 heavy (non-hydrogen) atoms. The molecule has 1 fully saturated rings. The number of hydrogen-bond acceptors (Lipinski definition) is 6. The van der Waals surface area contributed by atoms with E-state index >= 15 is 0 Å². The van der Waals surface area contributed by atoms with Crippen LogP contribution in [0.25, 0.3) is 11.1 Å². The third kappa shape index (κ3) is 2.97. The molecule has 1 aliphatic heterocycles. The van der Waals surface area contributed by atoms with E-state index in [4.69, 9.17) is 18.9 Å². The van der Waals surface area contributed by atoms with Crippen LogP contribution in [0.15, 0.2) is 30.3 Å². The number of rotatable bonds is 7. The first kappa shape index (κ1) is 19.1. The summed E-state index contributed by atoms with van der Waals surface area (Å²) in [7, 11) is 3.03. The van der Waals surface area contributed by atoms with Crippen LogP contribution in [-0.2, 0) is 16.1 Å². The SMILES string of the molecule is COc1ccc(-c2cccc3c2COC3=O)c(OC(C)C2(C(=O)O)CC2)c1OC. The van der Waals surface area contributed by atoms with Crippen molar-refractivity contribution in [3.05, 3.63) is 41.5 Å². The van der Waals surface area contributed by atoms with Crippen molar-refractivity contribution >= 4 is 11.9 Å². The first-order valence-corrected chi connectivity index (χ1v) is 9.37. The summed E-state index contributed by atoms with van der Waals surface area (Å²) in [4.78, 5) is 23.7. The Morgan fingerprint density at radius 2 is 1.79 bits per heavy atom. The lowest BCUT2D eigenvalue weighted by molar-refractivity contribution is -0.146. The van der Waals surface area contributed by atoms with Crippen LogP contribution in [0.2, 0.25) is 0 Å². The second kappa shape index (κ2) is 6.99. The fourth-order valence-electron chi connectivity index (χ4n) is 3.85. The summed E-state index contributed by atoms with van der Waals surface area (Å²) in [5, 5.41) is 9.63. The lowest BCUT2D eigenvalue weighted by atomic mass is 9.95. The van der Waals surface area contributed by atoms with Gasteiger partial charge in [-0.05, 0) is 43.5 Å². The van der Waals surface area contributed by atoms with Crippen LogP contribution in [0.4, 0.5) is 0 Å². The molecule has 152 valence electrons. The summed E-state index contributed by atoms with van der Waals surface area (Å²) in [5.41, 5.74) is 1.84. The molecule has 0 saturated heterocycles. The molecule has 2 aromatic carbocycles. The number of carbonyl (C=O) groups excluding carboxylic acids is 1. The number of carboxylic acids is 1. The van der Waals surface area contributed by atoms with Crippen LogP contribution in [0.5, 0.6) is 17.2 Å². The molecule has 7 heteroatoms. The molecule has 4 rings (SSSR count). The number of benzene rings is 2. The maximum atomic E-state index is 12.0. The molecule has 0 spiro atoms. The molecule has 2 aromatic rings. The molecule has 1 atom stereocenters. The normalized spacial score (nSPS) is 17.1. The van der Waals surface area contributed by atoms with Gasteiger partial charge in [-0.1, -0.05) is 12.1 Å². The molecule has 1 aliphatic carbocycles. The first-order valence-electron chi connectivity index (χ1n) is 9.37. The van der Waals surface area contributed by atoms with Crippen molar-refractivity contribution in [2.75, 3.05) is 14.2 Å². The van der Waals surface area contributed by atoms with Gasteiger partial charge in [-0.2, -0.15) is 0 Å². The summed E-state index contributed by atoms with van der Waals surface area (Å²) >= 11 is 0. The fraction of sp³-hybridized carbons (Fsp3) is 0.364. The second-order valence-electron chi connectivity index (χ2n) is 7.31. The van der Waals surface area contributed by atoms with E-state index < -0.39 is 17.5 Å². The Morgan fingerprint density at radius 1 is 1.07 bits per heavy atom. The maximum absolute atomic E-state index is 12.0. The highest BCUT2D eigenvalue weighted by Crippen LogP contribution is 2.53. The number of aliphatic carboxylic acids is 1. The van der Waals surface area contributed by atoms with E-state index in [0.29, 0.717) is 41.2 Å². The van der Waals surface area contributed by atoms with Gasteiger partial charge in [0.1, 0.15) is 18.1 Å². The molecule has 0 aromatic heterocycles. The van der Waals surface area contributed by atoms with E-state index in [1.165, 1.54) is 14.2 Å². The van der Waals surface area contributed by atoms with Crippen LogP contribution < -0.4 is 14.2 Å². The van der Waals surface area contributed by atoms with Crippen molar-refractivity contribution in [2.24, 2.45) is 5.41 Å². The number of hydrogen-bond donors (Lipinski definition) is 1. The third-order valence-electron chi connectivity index (χ3n) is 5.82. The van der Waals surface area contributed by atoms with Gasteiger partial charge >= 0.3 is 11.9 Å². The van der Waals surface area contributed by atoms with E-state index in [-0.39, 0.29) is 12.6 Å². The van der Waals surface area contributed by atoms with Crippen LogP contribution in [0, 0.1) is 5.41 Å². The standard InChI is InChI=1S/C22H22O7/c1-12(22(9-10-22)21(24)25)29-18-14(7-8-17(26-2)19(18)27-3)13-5-4-6-15-16(13)11-28-20(15)23/h4-8,12H,9-11H2,1-3H3,(H,24,25). The molecule has 1 N–H and O–H groups in total. The number of ether oxygens (including phenoxy) is 4. The highest BCUT2D eigenvalue weighted by atomic mass is 16.5. The minimum Gasteiger partial charge on any atom is -0.493 e. The quantitative estimate of drug-likeness (QED) is 0.712. The van der Waals surface area contributed by atoms with Crippen molar-refractivity contribution < 1.29 is 33.6 Å². The third-order valence-corrected chi connectivity index (χ3v) is 5.82. The highest BCUT2D eigenvalue weighted by Gasteiger charge is 2.56. The number of cyclic esters (lactones) is 1. The van der Waals surface area contributed by atoms with Crippen LogP contribution in [0.1, 0.15) is 35.7 Å². The molecular weight excluding hydrogens is 376 g/mol. The Kier molecular flexibility index (Phi) is 4.61. The molecule has 0 bridgehead atoms. The predicted molar refractivity (Wildman–Crippen MR) is 103 cm³/mol. The van der Waals surface area contributed by atoms with Gasteiger partial charge in [0.05, 0.1) is 19.8 Å². The van der Waals surface area contributed by atoms with E-state index in [1.54, 1.807) is 25.1 Å². The molecule has 1 saturated carbocycles. The maximum Gasteiger partial charge on any atom is 0.338 e. The number of methoxy groups -OCH3 is 2. The molecule has 0 amide bonds. The summed E-state index contributed by atoms with van der Waals surface area (Å²) in [6.45, 7) is 1.93. The van der Waals surface area contributed by atoms with E-state index in [1.807, 2.05) is 12.1 Å². The van der Waals surface area contributed by atoms with Gasteiger partial charge in [0, 0.05) is 11.1 Å². The van der Waals surface area contributed by atoms with E-state index in [9.17, 15) is 14.7 Å². The average molecular weight is 398 g/mol. The van der Waals surface area contributed by atoms with Crippen LogP contribution in [-0.4, -0.2) is 37.4 Å². The minimum absolute atomic E-state index is 0.173. The van der Waals surface area contributed by atoms with Gasteiger partial charge in [-0.25, -0.2) is 4.79 Å². The van der Waals surface area contributed by atoms with E-state index in [0.717, 1.165) is 11.1 Å². The second-order valence-corrected chi connectivity index (χ2v) is 7.31. The Hall–Kier alpha value is -3.22. The zero-order chi connectivity index (χ0) is 20.8. The van der Waals surface area contributed by atoms with Gasteiger partial charge in [-0.3, -0.25) is 4.79 Å². The smallest absolute Gasteiger partial charge is 0.338 e. The highest BCUT2D eigenvalue weighted by molar-refractivity contribution is 5.96. The number of fused-ring (bicyclic) bond motifs is 1. The molecule has 7 nitrogen and oxygen atoms in total. The monoisotopic (exact) mass is 398 g/mol. The van der Waals surface area contributed by atoms with Crippen LogP contribution in [0.3, 0.4) is 0 Å². The minimum atomic E-state index is -0.900. The van der Waals surface area contributed by atoms with E-state index in [2.05, 4.69) is 0 Å². The Morgan fingerprint density at radius 3 is 2.41 bits per heavy atom. The molecule has 1 unspecified atom stereocenters. The Labute approximate surface area is 168 Å².